The van der Waals surface area contributed by atoms with Gasteiger partial charge in [0.2, 0.25) is 12.0 Å². The largest absolute Gasteiger partial charge is 0.455 e. The topological polar surface area (TPSA) is 256 Å². The zero-order valence-electron chi connectivity index (χ0n) is 39.9. The van der Waals surface area contributed by atoms with Crippen molar-refractivity contribution in [2.45, 2.75) is 121 Å². The van der Waals surface area contributed by atoms with E-state index in [1.165, 1.54) is 59.0 Å². The molecule has 70 heavy (non-hydrogen) atoms. The Balaban J connectivity index is 1.42. The maximum atomic E-state index is 15.7. The number of carbonyl (C=O) groups is 8. The molecule has 0 aromatic heterocycles. The van der Waals surface area contributed by atoms with Crippen LogP contribution in [-0.2, 0) is 57.2 Å². The molecule has 7 rings (SSSR count). The lowest BCUT2D eigenvalue weighted by Gasteiger charge is -2.67. The summed E-state index contributed by atoms with van der Waals surface area (Å²) in [5, 5.41) is 31.3. The Hall–Kier alpha value is -6.76. The van der Waals surface area contributed by atoms with Crippen LogP contribution in [0.1, 0.15) is 99.5 Å². The number of aliphatic hydroxyl groups excluding tert-OH is 1. The van der Waals surface area contributed by atoms with Crippen LogP contribution in [0.2, 0.25) is 0 Å². The van der Waals surface area contributed by atoms with Crippen LogP contribution >= 0.6 is 0 Å². The van der Waals surface area contributed by atoms with Gasteiger partial charge in [0.15, 0.2) is 17.5 Å². The van der Waals surface area contributed by atoms with E-state index in [-0.39, 0.29) is 41.7 Å². The van der Waals surface area contributed by atoms with Gasteiger partial charge in [0, 0.05) is 51.1 Å². The summed E-state index contributed by atoms with van der Waals surface area (Å²) in [6, 6.07) is 22.5. The molecule has 0 radical (unpaired) electrons. The molecule has 0 spiro atoms. The van der Waals surface area contributed by atoms with Gasteiger partial charge in [0.05, 0.1) is 36.0 Å². The molecule has 4 aliphatic rings. The Morgan fingerprint density at radius 1 is 0.814 bits per heavy atom. The molecule has 11 atom stereocenters. The Kier molecular flexibility index (Phi) is 14.5. The number of Topliss-reactive ketones (excluding diaryl/α,β-unsaturated/α-hetero) is 1. The second-order valence-corrected chi connectivity index (χ2v) is 19.0. The van der Waals surface area contributed by atoms with Gasteiger partial charge >= 0.3 is 29.8 Å². The summed E-state index contributed by atoms with van der Waals surface area (Å²) >= 11 is 0. The van der Waals surface area contributed by atoms with E-state index in [2.05, 4.69) is 10.6 Å². The van der Waals surface area contributed by atoms with E-state index in [0.717, 1.165) is 13.8 Å². The first-order valence-corrected chi connectivity index (χ1v) is 23.0. The van der Waals surface area contributed by atoms with Crippen molar-refractivity contribution in [3.8, 4) is 0 Å². The lowest BCUT2D eigenvalue weighted by molar-refractivity contribution is -0.346. The van der Waals surface area contributed by atoms with E-state index in [0.29, 0.717) is 5.56 Å². The third kappa shape index (κ3) is 9.22. The number of esters is 5. The molecule has 0 unspecified atom stereocenters. The number of amides is 2. The number of ether oxygens (including phenoxy) is 6. The van der Waals surface area contributed by atoms with Gasteiger partial charge in [-0.15, -0.1) is 0 Å². The van der Waals surface area contributed by atoms with Gasteiger partial charge in [-0.2, -0.15) is 0 Å². The second kappa shape index (κ2) is 19.9. The Labute approximate surface area is 404 Å². The Morgan fingerprint density at radius 2 is 1.41 bits per heavy atom. The van der Waals surface area contributed by atoms with Crippen molar-refractivity contribution in [2.24, 2.45) is 16.7 Å². The number of benzene rings is 3. The molecule has 4 N–H and O–H groups in total. The van der Waals surface area contributed by atoms with E-state index in [1.807, 2.05) is 0 Å². The molecule has 2 amide bonds. The van der Waals surface area contributed by atoms with Crippen molar-refractivity contribution < 1.29 is 77.0 Å². The molecule has 1 saturated heterocycles. The highest BCUT2D eigenvalue weighted by atomic mass is 16.6. The van der Waals surface area contributed by atoms with E-state index in [9.17, 15) is 39.0 Å². The van der Waals surface area contributed by atoms with Crippen molar-refractivity contribution in [1.82, 2.24) is 10.6 Å². The normalized spacial score (nSPS) is 29.4. The van der Waals surface area contributed by atoms with Gasteiger partial charge in [-0.05, 0) is 54.8 Å². The van der Waals surface area contributed by atoms with Crippen LogP contribution in [0.3, 0.4) is 0 Å². The fourth-order valence-corrected chi connectivity index (χ4v) is 10.8. The molecular formula is C52H58N2O16. The predicted octanol–water partition coefficient (Wildman–Crippen LogP) is 3.81. The summed E-state index contributed by atoms with van der Waals surface area (Å²) in [6.07, 6.45) is -11.7. The van der Waals surface area contributed by atoms with Crippen molar-refractivity contribution in [1.29, 1.82) is 0 Å². The summed E-state index contributed by atoms with van der Waals surface area (Å²) in [7, 11) is 1.38. The highest BCUT2D eigenvalue weighted by Crippen LogP contribution is 2.64. The molecule has 1 aliphatic heterocycles. The summed E-state index contributed by atoms with van der Waals surface area (Å²) < 4.78 is 36.6. The number of hydrogen-bond donors (Lipinski definition) is 4. The minimum atomic E-state index is -2.48. The zero-order chi connectivity index (χ0) is 50.9. The van der Waals surface area contributed by atoms with Crippen LogP contribution in [0.25, 0.3) is 0 Å². The van der Waals surface area contributed by atoms with Gasteiger partial charge in [-0.3, -0.25) is 28.8 Å². The predicted molar refractivity (Wildman–Crippen MR) is 245 cm³/mol. The lowest BCUT2D eigenvalue weighted by Crippen LogP contribution is -2.82. The van der Waals surface area contributed by atoms with Crippen LogP contribution < -0.4 is 10.6 Å². The minimum Gasteiger partial charge on any atom is -0.455 e. The maximum Gasteiger partial charge on any atom is 0.350 e. The molecule has 3 aromatic carbocycles. The monoisotopic (exact) mass is 966 g/mol. The highest BCUT2D eigenvalue weighted by Gasteiger charge is 2.78. The molecule has 18 heteroatoms. The maximum absolute atomic E-state index is 15.7. The SMILES string of the molecule is CNC(=O)CCC(=O)O[C@@H](C(=O)O[C@H]1C[C@@]2(O)[C@@H](OC(=O)c3ccccc3)[C@@H]3[C@]4(OC(C)=O)CO[C@@H]4C[C@H](O)[C@@]3(C)C(=O)[C@H](OC(C)=O)C(=C1C)C2(C)C)[C@@H](NC(=O)c1ccccc1)c1ccccc1. The summed E-state index contributed by atoms with van der Waals surface area (Å²) in [5.74, 6) is -8.66. The van der Waals surface area contributed by atoms with Crippen molar-refractivity contribution in [3.05, 3.63) is 119 Å². The van der Waals surface area contributed by atoms with Gasteiger partial charge in [-0.25, -0.2) is 9.59 Å². The van der Waals surface area contributed by atoms with Crippen LogP contribution in [0.15, 0.2) is 102 Å². The van der Waals surface area contributed by atoms with Crippen LogP contribution in [0.5, 0.6) is 0 Å². The van der Waals surface area contributed by atoms with E-state index < -0.39 is 131 Å². The third-order valence-corrected chi connectivity index (χ3v) is 14.6. The van der Waals surface area contributed by atoms with Gasteiger partial charge in [0.1, 0.15) is 30.0 Å². The fourth-order valence-electron chi connectivity index (χ4n) is 10.8. The number of carbonyl (C=O) groups excluding carboxylic acids is 8. The second-order valence-electron chi connectivity index (χ2n) is 19.0. The quantitative estimate of drug-likeness (QED) is 0.102. The number of aliphatic hydroxyl groups is 2. The molecular weight excluding hydrogens is 909 g/mol. The molecule has 3 aromatic rings. The van der Waals surface area contributed by atoms with Gasteiger partial charge < -0.3 is 49.3 Å². The first kappa shape index (κ1) is 51.1. The number of ketones is 1. The molecule has 3 fully saturated rings. The highest BCUT2D eigenvalue weighted by molar-refractivity contribution is 5.96. The number of rotatable bonds is 14. The third-order valence-electron chi connectivity index (χ3n) is 14.6. The molecule has 18 nitrogen and oxygen atoms in total. The van der Waals surface area contributed by atoms with Crippen LogP contribution in [0.4, 0.5) is 0 Å². The van der Waals surface area contributed by atoms with Crippen molar-refractivity contribution in [3.63, 3.8) is 0 Å². The van der Waals surface area contributed by atoms with Crippen LogP contribution in [-0.4, -0.2) is 119 Å². The van der Waals surface area contributed by atoms with E-state index in [4.69, 9.17) is 28.4 Å². The van der Waals surface area contributed by atoms with Crippen LogP contribution in [0, 0.1) is 16.7 Å². The summed E-state index contributed by atoms with van der Waals surface area (Å²) in [6.45, 7) is 7.79. The number of fused-ring (bicyclic) bond motifs is 5. The Morgan fingerprint density at radius 3 is 1.97 bits per heavy atom. The molecule has 3 aliphatic carbocycles. The summed E-state index contributed by atoms with van der Waals surface area (Å²) in [5.41, 5.74) is -7.58. The first-order chi connectivity index (χ1) is 33.1. The standard InChI is InChI=1S/C52H58N2O16/c1-28-34(67-48(63)42(68-38(59)24-23-37(58)53-7)40(31-17-11-8-12-18-31)54-46(61)32-19-13-9-14-20-32)26-52(64)45(69-47(62)33-21-15-10-16-22-33)43-50(6,35(57)25-36-51(43,27-65-36)70-30(3)56)44(60)41(66-29(2)55)39(28)49(52,4)5/h8-22,34-36,40-43,45,57,64H,23-27H2,1-7H3,(H,53,58)(H,54,61)/t34-,35-,36+,40-,41+,42+,43-,45-,50+,51-,52+/m0/s1. The van der Waals surface area contributed by atoms with E-state index in [1.54, 1.807) is 66.7 Å². The minimum absolute atomic E-state index is 0.0346. The average molecular weight is 967 g/mol. The lowest BCUT2D eigenvalue weighted by atomic mass is 9.44. The molecule has 372 valence electrons. The molecule has 2 saturated carbocycles. The van der Waals surface area contributed by atoms with Gasteiger partial charge in [-0.1, -0.05) is 80.6 Å². The fraction of sp³-hybridized carbons (Fsp3) is 0.462. The van der Waals surface area contributed by atoms with Crippen molar-refractivity contribution in [2.75, 3.05) is 13.7 Å². The molecule has 1 heterocycles. The van der Waals surface area contributed by atoms with Gasteiger partial charge in [0.25, 0.3) is 5.91 Å². The number of hydrogen-bond acceptors (Lipinski definition) is 16. The molecule has 2 bridgehead atoms. The number of nitrogens with one attached hydrogen (secondary N) is 2. The first-order valence-electron chi connectivity index (χ1n) is 23.0. The Bertz CT molecular complexity index is 2570. The van der Waals surface area contributed by atoms with E-state index >= 15 is 9.59 Å². The smallest absolute Gasteiger partial charge is 0.350 e. The van der Waals surface area contributed by atoms with Crippen molar-refractivity contribution >= 4 is 47.4 Å². The summed E-state index contributed by atoms with van der Waals surface area (Å²) in [4.78, 5) is 111. The zero-order valence-corrected chi connectivity index (χ0v) is 39.9. The average Bonchev–Trinajstić information content (AvgIpc) is 3.33.